The summed E-state index contributed by atoms with van der Waals surface area (Å²) >= 11 is 3.46. The second-order valence-corrected chi connectivity index (χ2v) is 6.58. The van der Waals surface area contributed by atoms with Gasteiger partial charge in [0.2, 0.25) is 0 Å². The summed E-state index contributed by atoms with van der Waals surface area (Å²) in [4.78, 5) is 0. The van der Waals surface area contributed by atoms with Gasteiger partial charge in [0.1, 0.15) is 0 Å². The number of nitrogens with two attached hydrogens (primary N) is 1. The molecule has 0 aliphatic carbocycles. The minimum Gasteiger partial charge on any atom is -0.378 e. The lowest BCUT2D eigenvalue weighted by molar-refractivity contribution is -0.101. The molecule has 0 amide bonds. The van der Waals surface area contributed by atoms with E-state index in [4.69, 9.17) is 15.2 Å². The minimum atomic E-state index is -0.0596. The van der Waals surface area contributed by atoms with Crippen LogP contribution in [0.15, 0.2) is 28.7 Å². The lowest BCUT2D eigenvalue weighted by atomic mass is 9.79. The van der Waals surface area contributed by atoms with Crippen molar-refractivity contribution in [3.05, 3.63) is 34.3 Å². The Morgan fingerprint density at radius 2 is 2.05 bits per heavy atom. The molecule has 0 bridgehead atoms. The van der Waals surface area contributed by atoms with E-state index >= 15 is 0 Å². The molecule has 3 rings (SSSR count). The van der Waals surface area contributed by atoms with E-state index < -0.39 is 0 Å². The topological polar surface area (TPSA) is 44.5 Å². The molecule has 4 heteroatoms. The standard InChI is InChI=1S/C15H20BrNO2/c16-13-3-1-11(2-4-13)14(17)12-5-7-19-15(9-12)6-8-18-10-15/h1-4,12,14H,5-10,17H2. The summed E-state index contributed by atoms with van der Waals surface area (Å²) in [5, 5.41) is 0. The molecule has 1 aromatic carbocycles. The van der Waals surface area contributed by atoms with E-state index in [1.807, 2.05) is 0 Å². The molecule has 1 spiro atoms. The highest BCUT2D eigenvalue weighted by atomic mass is 79.9. The van der Waals surface area contributed by atoms with E-state index in [0.29, 0.717) is 5.92 Å². The van der Waals surface area contributed by atoms with Gasteiger partial charge in [-0.1, -0.05) is 28.1 Å². The summed E-state index contributed by atoms with van der Waals surface area (Å²) in [6.07, 6.45) is 3.07. The van der Waals surface area contributed by atoms with Gasteiger partial charge in [-0.2, -0.15) is 0 Å². The predicted octanol–water partition coefficient (Wildman–Crippen LogP) is 3.03. The van der Waals surface area contributed by atoms with Gasteiger partial charge in [0.25, 0.3) is 0 Å². The summed E-state index contributed by atoms with van der Waals surface area (Å²) in [5.41, 5.74) is 7.61. The largest absolute Gasteiger partial charge is 0.378 e. The molecule has 2 aliphatic heterocycles. The second-order valence-electron chi connectivity index (χ2n) is 5.66. The van der Waals surface area contributed by atoms with Crippen molar-refractivity contribution in [2.75, 3.05) is 19.8 Å². The van der Waals surface area contributed by atoms with Crippen LogP contribution in [0.1, 0.15) is 30.9 Å². The summed E-state index contributed by atoms with van der Waals surface area (Å²) in [5.74, 6) is 0.483. The molecule has 3 unspecified atom stereocenters. The third-order valence-corrected chi connectivity index (χ3v) is 4.89. The Balaban J connectivity index is 1.72. The summed E-state index contributed by atoms with van der Waals surface area (Å²) in [7, 11) is 0. The van der Waals surface area contributed by atoms with Gasteiger partial charge in [0, 0.05) is 30.1 Å². The van der Waals surface area contributed by atoms with Gasteiger partial charge in [0.15, 0.2) is 0 Å². The number of hydrogen-bond donors (Lipinski definition) is 1. The van der Waals surface area contributed by atoms with Gasteiger partial charge < -0.3 is 15.2 Å². The fourth-order valence-corrected chi connectivity index (χ4v) is 3.46. The first-order chi connectivity index (χ1) is 9.19. The molecule has 1 aromatic rings. The van der Waals surface area contributed by atoms with Crippen molar-refractivity contribution in [2.24, 2.45) is 11.7 Å². The average molecular weight is 326 g/mol. The van der Waals surface area contributed by atoms with E-state index in [1.54, 1.807) is 0 Å². The van der Waals surface area contributed by atoms with Crippen LogP contribution in [0.25, 0.3) is 0 Å². The van der Waals surface area contributed by atoms with Gasteiger partial charge in [-0.05, 0) is 36.5 Å². The van der Waals surface area contributed by atoms with Crippen LogP contribution in [0.2, 0.25) is 0 Å². The Hall–Kier alpha value is -0.420. The van der Waals surface area contributed by atoms with Gasteiger partial charge in [-0.25, -0.2) is 0 Å². The number of halogens is 1. The maximum absolute atomic E-state index is 6.46. The molecule has 2 saturated heterocycles. The molecule has 19 heavy (non-hydrogen) atoms. The van der Waals surface area contributed by atoms with Gasteiger partial charge in [-0.15, -0.1) is 0 Å². The highest BCUT2D eigenvalue weighted by Gasteiger charge is 2.42. The minimum absolute atomic E-state index is 0.0596. The number of hydrogen-bond acceptors (Lipinski definition) is 3. The maximum atomic E-state index is 6.46. The van der Waals surface area contributed by atoms with Crippen LogP contribution >= 0.6 is 15.9 Å². The Labute approximate surface area is 122 Å². The summed E-state index contributed by atoms with van der Waals surface area (Å²) in [6, 6.07) is 8.44. The molecule has 3 nitrogen and oxygen atoms in total. The Kier molecular flexibility index (Phi) is 3.94. The first-order valence-electron chi connectivity index (χ1n) is 6.91. The van der Waals surface area contributed by atoms with Crippen LogP contribution in [-0.4, -0.2) is 25.4 Å². The van der Waals surface area contributed by atoms with E-state index in [2.05, 4.69) is 40.2 Å². The number of benzene rings is 1. The second kappa shape index (κ2) is 5.52. The molecular weight excluding hydrogens is 306 g/mol. The lowest BCUT2D eigenvalue weighted by Gasteiger charge is -2.39. The number of rotatable bonds is 2. The molecule has 2 aliphatic rings. The van der Waals surface area contributed by atoms with Crippen LogP contribution in [0, 0.1) is 5.92 Å². The number of ether oxygens (including phenoxy) is 2. The van der Waals surface area contributed by atoms with Crippen LogP contribution in [0.4, 0.5) is 0 Å². The molecule has 2 N–H and O–H groups in total. The van der Waals surface area contributed by atoms with Crippen LogP contribution in [-0.2, 0) is 9.47 Å². The molecule has 0 aromatic heterocycles. The SMILES string of the molecule is NC(c1ccc(Br)cc1)C1CCOC2(CCOC2)C1. The highest BCUT2D eigenvalue weighted by molar-refractivity contribution is 9.10. The highest BCUT2D eigenvalue weighted by Crippen LogP contribution is 2.40. The van der Waals surface area contributed by atoms with Crippen molar-refractivity contribution in [1.82, 2.24) is 0 Å². The molecule has 3 atom stereocenters. The van der Waals surface area contributed by atoms with Crippen LogP contribution in [0.5, 0.6) is 0 Å². The average Bonchev–Trinajstić information content (AvgIpc) is 2.87. The fraction of sp³-hybridized carbons (Fsp3) is 0.600. The fourth-order valence-electron chi connectivity index (χ4n) is 3.19. The third kappa shape index (κ3) is 2.87. The Bertz CT molecular complexity index is 428. The van der Waals surface area contributed by atoms with Gasteiger partial charge >= 0.3 is 0 Å². The first-order valence-corrected chi connectivity index (χ1v) is 7.71. The van der Waals surface area contributed by atoms with Crippen molar-refractivity contribution >= 4 is 15.9 Å². The molecule has 0 radical (unpaired) electrons. The smallest absolute Gasteiger partial charge is 0.0940 e. The normalized spacial score (nSPS) is 32.6. The molecule has 2 heterocycles. The molecular formula is C15H20BrNO2. The molecule has 0 saturated carbocycles. The van der Waals surface area contributed by atoms with E-state index in [-0.39, 0.29) is 11.6 Å². The predicted molar refractivity (Wildman–Crippen MR) is 77.9 cm³/mol. The van der Waals surface area contributed by atoms with Crippen molar-refractivity contribution in [2.45, 2.75) is 30.9 Å². The molecule has 104 valence electrons. The van der Waals surface area contributed by atoms with Crippen molar-refractivity contribution < 1.29 is 9.47 Å². The lowest BCUT2D eigenvalue weighted by Crippen LogP contribution is -2.43. The zero-order valence-corrected chi connectivity index (χ0v) is 12.6. The zero-order chi connectivity index (χ0) is 13.3. The maximum Gasteiger partial charge on any atom is 0.0940 e. The van der Waals surface area contributed by atoms with E-state index in [9.17, 15) is 0 Å². The first kappa shape index (κ1) is 13.6. The van der Waals surface area contributed by atoms with Crippen molar-refractivity contribution in [3.63, 3.8) is 0 Å². The van der Waals surface area contributed by atoms with Crippen LogP contribution < -0.4 is 5.73 Å². The van der Waals surface area contributed by atoms with E-state index in [0.717, 1.165) is 43.6 Å². The summed E-state index contributed by atoms with van der Waals surface area (Å²) in [6.45, 7) is 2.36. The Morgan fingerprint density at radius 1 is 1.26 bits per heavy atom. The summed E-state index contributed by atoms with van der Waals surface area (Å²) < 4.78 is 12.6. The Morgan fingerprint density at radius 3 is 2.74 bits per heavy atom. The van der Waals surface area contributed by atoms with Gasteiger partial charge in [-0.3, -0.25) is 0 Å². The van der Waals surface area contributed by atoms with Crippen molar-refractivity contribution in [3.8, 4) is 0 Å². The molecule has 2 fully saturated rings. The quantitative estimate of drug-likeness (QED) is 0.908. The van der Waals surface area contributed by atoms with Crippen LogP contribution in [0.3, 0.4) is 0 Å². The van der Waals surface area contributed by atoms with Gasteiger partial charge in [0.05, 0.1) is 12.2 Å². The third-order valence-electron chi connectivity index (χ3n) is 4.36. The van der Waals surface area contributed by atoms with E-state index in [1.165, 1.54) is 5.56 Å². The van der Waals surface area contributed by atoms with Crippen molar-refractivity contribution in [1.29, 1.82) is 0 Å². The zero-order valence-electron chi connectivity index (χ0n) is 11.0. The monoisotopic (exact) mass is 325 g/mol.